The fourth-order valence-electron chi connectivity index (χ4n) is 4.66. The van der Waals surface area contributed by atoms with Crippen LogP contribution in [0.2, 0.25) is 0 Å². The quantitative estimate of drug-likeness (QED) is 0.593. The third-order valence-electron chi connectivity index (χ3n) is 5.86. The summed E-state index contributed by atoms with van der Waals surface area (Å²) < 4.78 is 5.56. The van der Waals surface area contributed by atoms with Gasteiger partial charge in [0.15, 0.2) is 0 Å². The van der Waals surface area contributed by atoms with E-state index in [4.69, 9.17) is 4.74 Å². The molecule has 5 nitrogen and oxygen atoms in total. The van der Waals surface area contributed by atoms with Gasteiger partial charge in [-0.1, -0.05) is 81.4 Å². The minimum absolute atomic E-state index is 0.113. The van der Waals surface area contributed by atoms with Gasteiger partial charge in [0.25, 0.3) is 0 Å². The van der Waals surface area contributed by atoms with Gasteiger partial charge in [-0.25, -0.2) is 9.69 Å². The van der Waals surface area contributed by atoms with E-state index in [0.717, 1.165) is 13.1 Å². The maximum absolute atomic E-state index is 13.4. The van der Waals surface area contributed by atoms with Crippen LogP contribution in [0, 0.1) is 11.8 Å². The largest absolute Gasteiger partial charge is 0.441 e. The number of carbonyl (C=O) groups is 2. The molecule has 1 fully saturated rings. The lowest BCUT2D eigenvalue weighted by atomic mass is 9.88. The van der Waals surface area contributed by atoms with Gasteiger partial charge in [0.1, 0.15) is 5.60 Å². The van der Waals surface area contributed by atoms with Crippen molar-refractivity contribution in [3.63, 3.8) is 0 Å². The molecule has 2 amide bonds. The lowest BCUT2D eigenvalue weighted by molar-refractivity contribution is -0.135. The van der Waals surface area contributed by atoms with Crippen LogP contribution in [-0.2, 0) is 22.6 Å². The lowest BCUT2D eigenvalue weighted by Crippen LogP contribution is -2.50. The van der Waals surface area contributed by atoms with Crippen molar-refractivity contribution >= 4 is 12.0 Å². The molecule has 3 rings (SSSR count). The summed E-state index contributed by atoms with van der Waals surface area (Å²) in [4.78, 5) is 29.6. The van der Waals surface area contributed by atoms with Crippen LogP contribution in [0.4, 0.5) is 4.79 Å². The molecule has 0 saturated carbocycles. The van der Waals surface area contributed by atoms with Crippen LogP contribution in [0.5, 0.6) is 0 Å². The van der Waals surface area contributed by atoms with Crippen LogP contribution in [0.3, 0.4) is 0 Å². The van der Waals surface area contributed by atoms with E-state index in [1.807, 2.05) is 71.0 Å². The average Bonchev–Trinajstić information content (AvgIpc) is 2.97. The van der Waals surface area contributed by atoms with E-state index >= 15 is 0 Å². The Hall–Kier alpha value is -2.66. The third kappa shape index (κ3) is 5.53. The van der Waals surface area contributed by atoms with Crippen molar-refractivity contribution in [3.8, 4) is 0 Å². The second kappa shape index (κ2) is 9.65. The molecule has 1 aliphatic heterocycles. The first kappa shape index (κ1) is 23.0. The van der Waals surface area contributed by atoms with E-state index < -0.39 is 11.7 Å². The first-order valence-electron chi connectivity index (χ1n) is 11.1. The Balaban J connectivity index is 1.77. The summed E-state index contributed by atoms with van der Waals surface area (Å²) in [6.07, 6.45) is -0.529. The highest BCUT2D eigenvalue weighted by atomic mass is 16.6. The van der Waals surface area contributed by atoms with Gasteiger partial charge in [-0.2, -0.15) is 0 Å². The standard InChI is InChI=1S/C26H34N2O3/c1-19(2)23-26(4,5)31-25(30)28(23)24(29)20(3)16-27(17-21-12-8-6-9-13-21)18-22-14-10-7-11-15-22/h6-15,19-20,23H,16-18H2,1-5H3/t20-,23+/m1/s1. The van der Waals surface area contributed by atoms with Gasteiger partial charge in [-0.3, -0.25) is 9.69 Å². The fraction of sp³-hybridized carbons (Fsp3) is 0.462. The van der Waals surface area contributed by atoms with Crippen LogP contribution in [0.1, 0.15) is 45.7 Å². The molecule has 0 N–H and O–H groups in total. The highest BCUT2D eigenvalue weighted by Gasteiger charge is 2.52. The zero-order valence-corrected chi connectivity index (χ0v) is 19.2. The van der Waals surface area contributed by atoms with E-state index in [1.54, 1.807) is 0 Å². The van der Waals surface area contributed by atoms with Crippen LogP contribution < -0.4 is 0 Å². The molecule has 31 heavy (non-hydrogen) atoms. The van der Waals surface area contributed by atoms with Gasteiger partial charge in [-0.05, 0) is 30.9 Å². The molecule has 0 spiro atoms. The molecule has 5 heteroatoms. The number of ether oxygens (including phenoxy) is 1. The topological polar surface area (TPSA) is 49.9 Å². The molecule has 1 saturated heterocycles. The van der Waals surface area contributed by atoms with Crippen LogP contribution in [-0.4, -0.2) is 40.0 Å². The van der Waals surface area contributed by atoms with E-state index in [1.165, 1.54) is 16.0 Å². The normalized spacial score (nSPS) is 19.0. The number of imide groups is 1. The van der Waals surface area contributed by atoms with E-state index in [0.29, 0.717) is 6.54 Å². The molecule has 166 valence electrons. The Morgan fingerprint density at radius 3 is 1.90 bits per heavy atom. The Morgan fingerprint density at radius 2 is 1.45 bits per heavy atom. The fourth-order valence-corrected chi connectivity index (χ4v) is 4.66. The number of carbonyl (C=O) groups excluding carboxylic acids is 2. The predicted octanol–water partition coefficient (Wildman–Crippen LogP) is 5.11. The molecule has 1 heterocycles. The molecule has 2 atom stereocenters. The number of rotatable bonds is 8. The van der Waals surface area contributed by atoms with E-state index in [-0.39, 0.29) is 23.8 Å². The smallest absolute Gasteiger partial charge is 0.417 e. The Morgan fingerprint density at radius 1 is 0.968 bits per heavy atom. The number of amides is 2. The Bertz CT molecular complexity index is 839. The molecule has 0 unspecified atom stereocenters. The van der Waals surface area contributed by atoms with Gasteiger partial charge in [-0.15, -0.1) is 0 Å². The van der Waals surface area contributed by atoms with Crippen LogP contribution in [0.15, 0.2) is 60.7 Å². The minimum Gasteiger partial charge on any atom is -0.441 e. The van der Waals surface area contributed by atoms with Crippen molar-refractivity contribution in [2.75, 3.05) is 6.54 Å². The number of benzene rings is 2. The zero-order chi connectivity index (χ0) is 22.6. The summed E-state index contributed by atoms with van der Waals surface area (Å²) in [5.41, 5.74) is 1.70. The highest BCUT2D eigenvalue weighted by Crippen LogP contribution is 2.35. The van der Waals surface area contributed by atoms with E-state index in [9.17, 15) is 9.59 Å². The zero-order valence-electron chi connectivity index (χ0n) is 19.2. The second-order valence-corrected chi connectivity index (χ2v) is 9.41. The summed E-state index contributed by atoms with van der Waals surface area (Å²) in [5.74, 6) is -0.391. The summed E-state index contributed by atoms with van der Waals surface area (Å²) in [7, 11) is 0. The summed E-state index contributed by atoms with van der Waals surface area (Å²) in [5, 5.41) is 0. The minimum atomic E-state index is -0.686. The van der Waals surface area contributed by atoms with E-state index in [2.05, 4.69) is 29.2 Å². The first-order chi connectivity index (χ1) is 14.7. The lowest BCUT2D eigenvalue weighted by Gasteiger charge is -2.33. The summed E-state index contributed by atoms with van der Waals surface area (Å²) in [6.45, 7) is 11.7. The van der Waals surface area contributed by atoms with Gasteiger partial charge >= 0.3 is 6.09 Å². The number of hydrogen-bond donors (Lipinski definition) is 0. The van der Waals surface area contributed by atoms with Gasteiger partial charge in [0.2, 0.25) is 5.91 Å². The molecule has 2 aromatic rings. The van der Waals surface area contributed by atoms with Crippen molar-refractivity contribution < 1.29 is 14.3 Å². The highest BCUT2D eigenvalue weighted by molar-refractivity contribution is 5.95. The number of hydrogen-bond acceptors (Lipinski definition) is 4. The van der Waals surface area contributed by atoms with Crippen molar-refractivity contribution in [3.05, 3.63) is 71.8 Å². The predicted molar refractivity (Wildman–Crippen MR) is 122 cm³/mol. The SMILES string of the molecule is CC(C)[C@@H]1N(C(=O)[C@H](C)CN(Cc2ccccc2)Cc2ccccc2)C(=O)OC1(C)C. The van der Waals surface area contributed by atoms with Gasteiger partial charge in [0.05, 0.1) is 6.04 Å². The van der Waals surface area contributed by atoms with Crippen molar-refractivity contribution in [2.45, 2.75) is 59.4 Å². The van der Waals surface area contributed by atoms with Crippen molar-refractivity contribution in [2.24, 2.45) is 11.8 Å². The number of cyclic esters (lactones) is 1. The molecule has 2 aromatic carbocycles. The molecule has 0 aliphatic carbocycles. The van der Waals surface area contributed by atoms with Gasteiger partial charge in [0, 0.05) is 25.6 Å². The molecule has 0 aromatic heterocycles. The Labute approximate surface area is 186 Å². The maximum Gasteiger partial charge on any atom is 0.417 e. The van der Waals surface area contributed by atoms with Crippen LogP contribution >= 0.6 is 0 Å². The van der Waals surface area contributed by atoms with Crippen LogP contribution in [0.25, 0.3) is 0 Å². The summed E-state index contributed by atoms with van der Waals surface area (Å²) in [6, 6.07) is 20.2. The number of nitrogens with zero attached hydrogens (tertiary/aromatic N) is 2. The maximum atomic E-state index is 13.4. The first-order valence-corrected chi connectivity index (χ1v) is 11.1. The molecule has 0 bridgehead atoms. The molecule has 1 aliphatic rings. The monoisotopic (exact) mass is 422 g/mol. The van der Waals surface area contributed by atoms with Gasteiger partial charge < -0.3 is 4.74 Å². The third-order valence-corrected chi connectivity index (χ3v) is 5.86. The molecular formula is C26H34N2O3. The molecule has 0 radical (unpaired) electrons. The van der Waals surface area contributed by atoms with Crippen molar-refractivity contribution in [1.82, 2.24) is 9.80 Å². The summed E-state index contributed by atoms with van der Waals surface area (Å²) >= 11 is 0. The van der Waals surface area contributed by atoms with Crippen molar-refractivity contribution in [1.29, 1.82) is 0 Å². The average molecular weight is 423 g/mol. The molecular weight excluding hydrogens is 388 g/mol. The Kier molecular flexibility index (Phi) is 7.16. The second-order valence-electron chi connectivity index (χ2n) is 9.41.